The van der Waals surface area contributed by atoms with Gasteiger partial charge in [-0.2, -0.15) is 0 Å². The van der Waals surface area contributed by atoms with Gasteiger partial charge in [-0.3, -0.25) is 44.3 Å². The Kier molecular flexibility index (Phi) is 32.7. The van der Waals surface area contributed by atoms with Gasteiger partial charge < -0.3 is 90.4 Å². The van der Waals surface area contributed by atoms with Gasteiger partial charge in [0.15, 0.2) is 5.72 Å². The number of hydrogen-bond acceptors (Lipinski definition) is 20. The van der Waals surface area contributed by atoms with Crippen molar-refractivity contribution in [3.63, 3.8) is 0 Å². The number of hydrogen-bond donors (Lipinski definition) is 11. The first kappa shape index (κ1) is 83.2. The number of fused-ring (bicyclic) bond motifs is 5. The third-order valence-electron chi connectivity index (χ3n) is 17.7. The highest BCUT2D eigenvalue weighted by atomic mass is 35.5. The molecule has 0 spiro atoms. The lowest BCUT2D eigenvalue weighted by molar-refractivity contribution is -0.177. The van der Waals surface area contributed by atoms with E-state index in [0.29, 0.717) is 25.1 Å². The lowest BCUT2D eigenvalue weighted by Crippen LogP contribution is -2.63. The molecule has 3 heterocycles. The average molecular weight is 1440 g/mol. The van der Waals surface area contributed by atoms with E-state index in [1.165, 1.54) is 47.1 Å². The van der Waals surface area contributed by atoms with Gasteiger partial charge in [0.05, 0.1) is 57.8 Å². The zero-order chi connectivity index (χ0) is 74.9. The number of alkyl carbamates (subject to hydrolysis) is 1. The van der Waals surface area contributed by atoms with Crippen LogP contribution in [0.25, 0.3) is 10.9 Å². The van der Waals surface area contributed by atoms with Crippen LogP contribution in [0, 0.1) is 11.8 Å². The van der Waals surface area contributed by atoms with Crippen molar-refractivity contribution >= 4 is 87.7 Å². The molecule has 9 amide bonds. The number of aliphatic carboxylic acids is 1. The van der Waals surface area contributed by atoms with Gasteiger partial charge in [0.1, 0.15) is 53.3 Å². The largest absolute Gasteiger partial charge is 0.495 e. The zero-order valence-corrected chi connectivity index (χ0v) is 60.6. The molecule has 2 aliphatic heterocycles. The van der Waals surface area contributed by atoms with Gasteiger partial charge in [0.2, 0.25) is 35.4 Å². The highest BCUT2D eigenvalue weighted by molar-refractivity contribution is 6.35. The highest BCUT2D eigenvalue weighted by Crippen LogP contribution is 2.39. The number of likely N-dealkylation sites (N-methyl/N-ethyl adjacent to an activating group) is 1. The molecule has 5 rings (SSSR count). The number of carboxylic acid groups (broad SMARTS) is 1. The number of allylic oxidation sites excluding steroid dienone is 3. The van der Waals surface area contributed by atoms with E-state index in [1.807, 2.05) is 53.9 Å². The Morgan fingerprint density at radius 3 is 2.23 bits per heavy atom. The lowest BCUT2D eigenvalue weighted by atomic mass is 9.81. The molecular formula is C69H103ClN12O19. The van der Waals surface area contributed by atoms with Crippen LogP contribution in [-0.2, 0) is 81.6 Å². The first-order chi connectivity index (χ1) is 47.7. The summed E-state index contributed by atoms with van der Waals surface area (Å²) in [6.45, 7) is 10.4. The summed E-state index contributed by atoms with van der Waals surface area (Å²) in [7, 11) is 9.20. The molecule has 3 aromatic rings. The number of ether oxygens (including phenoxy) is 6. The molecule has 2 aromatic carbocycles. The van der Waals surface area contributed by atoms with Crippen molar-refractivity contribution < 1.29 is 91.7 Å². The molecule has 101 heavy (non-hydrogen) atoms. The van der Waals surface area contributed by atoms with Crippen LogP contribution >= 0.6 is 11.6 Å². The zero-order valence-electron chi connectivity index (χ0n) is 59.8. The number of esters is 1. The van der Waals surface area contributed by atoms with Crippen LogP contribution in [0.5, 0.6) is 5.75 Å². The van der Waals surface area contributed by atoms with E-state index < -0.39 is 132 Å². The van der Waals surface area contributed by atoms with Crippen LogP contribution < -0.4 is 52.7 Å². The van der Waals surface area contributed by atoms with Crippen molar-refractivity contribution in [3.05, 3.63) is 82.5 Å². The van der Waals surface area contributed by atoms with Crippen molar-refractivity contribution in [2.45, 2.75) is 173 Å². The number of anilines is 1. The molecule has 1 aromatic heterocycles. The Morgan fingerprint density at radius 2 is 1.56 bits per heavy atom. The highest BCUT2D eigenvalue weighted by Gasteiger charge is 2.49. The summed E-state index contributed by atoms with van der Waals surface area (Å²) in [6.07, 6.45) is -1.22. The molecule has 2 aliphatic rings. The number of primary amides is 1. The number of methoxy groups -OCH3 is 2. The molecule has 10 atom stereocenters. The predicted octanol–water partition coefficient (Wildman–Crippen LogP) is 3.07. The molecular weight excluding hydrogens is 1340 g/mol. The maximum absolute atomic E-state index is 14.6. The van der Waals surface area contributed by atoms with Crippen LogP contribution in [0.1, 0.15) is 111 Å². The number of aryl methyl sites for hydroxylation is 1. The number of para-hydroxylation sites is 1. The number of carbonyl (C=O) groups is 10. The molecule has 1 saturated heterocycles. The van der Waals surface area contributed by atoms with E-state index in [4.69, 9.17) is 45.8 Å². The van der Waals surface area contributed by atoms with Crippen molar-refractivity contribution in [3.8, 4) is 5.75 Å². The Labute approximate surface area is 594 Å². The first-order valence-electron chi connectivity index (χ1n) is 33.7. The average Bonchev–Trinajstić information content (AvgIpc) is 1.68. The lowest BCUT2D eigenvalue weighted by Gasteiger charge is -2.43. The number of nitrogens with one attached hydrogen (secondary N) is 7. The second kappa shape index (κ2) is 39.7. The second-order valence-corrected chi connectivity index (χ2v) is 26.5. The number of rotatable bonds is 34. The van der Waals surface area contributed by atoms with Crippen LogP contribution in [-0.4, -0.2) is 225 Å². The monoisotopic (exact) mass is 1440 g/mol. The SMILES string of the molecule is CNN(C)Cc1cc2ccccc2n1CCC(=O)N[C@@H](CCC(=O)O)C(=O)NCCOCCOCCC(=O)NC(C(=O)N[C@@H](CCCNC(N)=O)C(=O)N(C)[C@@H](C)C(=O)O[C@H]1CC(=O)N(C)c2cc(cc(OC)c2Cl)C/C(C)=C/C=C/[C@@H](OC)[C@@]2(O)C[C@H](OC(=O)N2)[C@@H](C)CC1(C)O)C(C)C. The number of amides is 9. The number of halogens is 1. The minimum absolute atomic E-state index is 0.0115. The summed E-state index contributed by atoms with van der Waals surface area (Å²) in [4.78, 5) is 136. The third kappa shape index (κ3) is 25.3. The molecule has 31 nitrogen and oxygen atoms in total. The van der Waals surface area contributed by atoms with E-state index in [2.05, 4.69) is 37.3 Å². The van der Waals surface area contributed by atoms with E-state index in [-0.39, 0.29) is 107 Å². The molecule has 560 valence electrons. The molecule has 0 saturated carbocycles. The van der Waals surface area contributed by atoms with E-state index >= 15 is 0 Å². The number of urea groups is 1. The topological polar surface area (TPSA) is 412 Å². The van der Waals surface area contributed by atoms with Gasteiger partial charge in [-0.15, -0.1) is 0 Å². The Morgan fingerprint density at radius 1 is 0.871 bits per heavy atom. The fraction of sp³-hybridized carbons (Fsp3) is 0.594. The Balaban J connectivity index is 1.19. The number of aliphatic hydroxyl groups is 2. The van der Waals surface area contributed by atoms with Crippen molar-refractivity contribution in [1.82, 2.24) is 51.8 Å². The second-order valence-electron chi connectivity index (χ2n) is 26.1. The standard InChI is InChI=1S/C69H103ClN12O19/c1-41(2)61(77-57(84)25-29-98-31-32-99-30-27-73-62(88)48(22-23-59(86)87)75-56(83)24-28-82-47(40-79(8)72-7)36-46-18-13-14-20-50(46)82)63(89)76-49(19-16-26-74-66(71)92)64(90)80(9)44(5)65(91)101-55-37-58(85)81(10)51-34-45(35-52(96-11)60(51)70)33-42(3)17-15-21-54(97-12)69(95)39-53(100-67(93)78-69)43(4)38-68(55,6)94/h13-15,17-18,20-21,34-36,41,43-44,48-49,53-55,61,72,94-95H,16,19,22-33,37-40H2,1-12H3,(H,73,88)(H,75,83)(H,76,89)(H,77,84)(H,78,93)(H,86,87)(H3,71,74,92)/b21-15+,42-17+/t43-,44-,48-,49-,53-,54+,55-,61?,68?,69-/m0/s1. The van der Waals surface area contributed by atoms with Crippen LogP contribution in [0.15, 0.2) is 66.3 Å². The van der Waals surface area contributed by atoms with Crippen molar-refractivity contribution in [2.75, 3.05) is 86.8 Å². The minimum Gasteiger partial charge on any atom is -0.495 e. The van der Waals surface area contributed by atoms with Gasteiger partial charge in [-0.25, -0.2) is 19.4 Å². The van der Waals surface area contributed by atoms with Gasteiger partial charge in [0, 0.05) is 84.8 Å². The molecule has 1 fully saturated rings. The summed E-state index contributed by atoms with van der Waals surface area (Å²) < 4.78 is 36.2. The molecule has 32 heteroatoms. The number of carbonyl (C=O) groups excluding carboxylic acids is 9. The molecule has 12 N–H and O–H groups in total. The fourth-order valence-electron chi connectivity index (χ4n) is 11.8. The van der Waals surface area contributed by atoms with Gasteiger partial charge >= 0.3 is 24.1 Å². The smallest absolute Gasteiger partial charge is 0.409 e. The predicted molar refractivity (Wildman–Crippen MR) is 374 cm³/mol. The summed E-state index contributed by atoms with van der Waals surface area (Å²) in [5, 5.41) is 52.4. The summed E-state index contributed by atoms with van der Waals surface area (Å²) in [6, 6.07) is 7.24. The number of nitrogens with two attached hydrogens (primary N) is 1. The summed E-state index contributed by atoms with van der Waals surface area (Å²) in [5.74, 6) is -7.10. The Hall–Kier alpha value is -8.43. The van der Waals surface area contributed by atoms with Gasteiger partial charge in [0.25, 0.3) is 0 Å². The Bertz CT molecular complexity index is 3420. The van der Waals surface area contributed by atoms with Crippen LogP contribution in [0.3, 0.4) is 0 Å². The maximum atomic E-state index is 14.6. The molecule has 2 unspecified atom stereocenters. The quantitative estimate of drug-likeness (QED) is 0.0232. The molecule has 0 radical (unpaired) electrons. The first-order valence-corrected chi connectivity index (χ1v) is 34.0. The fourth-order valence-corrected chi connectivity index (χ4v) is 12.1. The van der Waals surface area contributed by atoms with Crippen LogP contribution in [0.2, 0.25) is 5.02 Å². The van der Waals surface area contributed by atoms with E-state index in [9.17, 15) is 63.3 Å². The summed E-state index contributed by atoms with van der Waals surface area (Å²) in [5.41, 5.74) is 7.95. The van der Waals surface area contributed by atoms with E-state index in [1.54, 1.807) is 58.2 Å². The number of nitrogens with zero attached hydrogens (tertiary/aromatic N) is 4. The van der Waals surface area contributed by atoms with Crippen LogP contribution in [0.4, 0.5) is 15.3 Å². The number of aromatic nitrogens is 1. The molecule has 0 aliphatic carbocycles. The van der Waals surface area contributed by atoms with Gasteiger partial charge in [-0.05, 0) is 107 Å². The number of hydrazine groups is 1. The molecule has 4 bridgehead atoms. The maximum Gasteiger partial charge on any atom is 0.409 e. The minimum atomic E-state index is -2.10. The van der Waals surface area contributed by atoms with Crippen molar-refractivity contribution in [2.24, 2.45) is 17.6 Å². The number of carboxylic acids is 1. The summed E-state index contributed by atoms with van der Waals surface area (Å²) >= 11 is 6.84. The van der Waals surface area contributed by atoms with E-state index in [0.717, 1.165) is 27.1 Å². The normalized spacial score (nSPS) is 21.7. The number of benzene rings is 2. The van der Waals surface area contributed by atoms with Gasteiger partial charge in [-0.1, -0.05) is 74.4 Å². The van der Waals surface area contributed by atoms with Crippen molar-refractivity contribution in [1.29, 1.82) is 0 Å². The third-order valence-corrected chi connectivity index (χ3v) is 18.1.